The number of ether oxygens (including phenoxy) is 1. The predicted molar refractivity (Wildman–Crippen MR) is 71.7 cm³/mol. The molecule has 0 fully saturated rings. The molecule has 0 aliphatic rings. The summed E-state index contributed by atoms with van der Waals surface area (Å²) in [5, 5.41) is 12.3. The van der Waals surface area contributed by atoms with Gasteiger partial charge in [0.1, 0.15) is 5.75 Å². The van der Waals surface area contributed by atoms with Crippen molar-refractivity contribution in [2.75, 3.05) is 13.2 Å². The number of carbonyl (C=O) groups excluding carboxylic acids is 1. The van der Waals surface area contributed by atoms with Gasteiger partial charge in [-0.15, -0.1) is 0 Å². The number of benzene rings is 1. The van der Waals surface area contributed by atoms with Crippen molar-refractivity contribution < 1.29 is 14.6 Å². The van der Waals surface area contributed by atoms with E-state index in [2.05, 4.69) is 5.32 Å². The number of rotatable bonds is 5. The molecule has 0 bridgehead atoms. The molecule has 0 aliphatic carbocycles. The highest BCUT2D eigenvalue weighted by Crippen LogP contribution is 2.33. The Kier molecular flexibility index (Phi) is 6.02. The Labute approximate surface area is 120 Å². The van der Waals surface area contributed by atoms with Gasteiger partial charge in [0, 0.05) is 12.6 Å². The molecular formula is C11H12Cl3NO3. The van der Waals surface area contributed by atoms with E-state index in [1.807, 2.05) is 0 Å². The van der Waals surface area contributed by atoms with Crippen molar-refractivity contribution in [1.29, 1.82) is 0 Å². The van der Waals surface area contributed by atoms with Crippen molar-refractivity contribution in [1.82, 2.24) is 5.32 Å². The molecule has 0 saturated heterocycles. The molecule has 18 heavy (non-hydrogen) atoms. The largest absolute Gasteiger partial charge is 0.482 e. The topological polar surface area (TPSA) is 58.6 Å². The quantitative estimate of drug-likeness (QED) is 0.821. The minimum atomic E-state index is -0.609. The highest BCUT2D eigenvalue weighted by Gasteiger charge is 2.09. The van der Waals surface area contributed by atoms with E-state index in [1.165, 1.54) is 12.1 Å². The fourth-order valence-electron chi connectivity index (χ4n) is 1.07. The molecule has 0 radical (unpaired) electrons. The summed E-state index contributed by atoms with van der Waals surface area (Å²) in [5.41, 5.74) is 0. The second-order valence-electron chi connectivity index (χ2n) is 3.64. The Morgan fingerprint density at radius 1 is 1.33 bits per heavy atom. The molecule has 7 heteroatoms. The molecule has 0 heterocycles. The Hall–Kier alpha value is -0.680. The van der Waals surface area contributed by atoms with Crippen LogP contribution in [0.4, 0.5) is 0 Å². The van der Waals surface area contributed by atoms with Gasteiger partial charge in [-0.3, -0.25) is 4.79 Å². The fraction of sp³-hybridized carbons (Fsp3) is 0.364. The molecular weight excluding hydrogens is 300 g/mol. The zero-order valence-electron chi connectivity index (χ0n) is 9.54. The number of carbonyl (C=O) groups is 1. The Bertz CT molecular complexity index is 438. The first-order valence-corrected chi connectivity index (χ1v) is 6.25. The van der Waals surface area contributed by atoms with Crippen LogP contribution in [-0.2, 0) is 4.79 Å². The molecule has 1 amide bonds. The van der Waals surface area contributed by atoms with Crippen LogP contribution in [0.1, 0.15) is 6.92 Å². The molecule has 100 valence electrons. The van der Waals surface area contributed by atoms with Gasteiger partial charge in [0.15, 0.2) is 6.61 Å². The first kappa shape index (κ1) is 15.4. The van der Waals surface area contributed by atoms with Gasteiger partial charge in [0.05, 0.1) is 21.2 Å². The van der Waals surface area contributed by atoms with Gasteiger partial charge >= 0.3 is 0 Å². The van der Waals surface area contributed by atoms with E-state index in [0.717, 1.165) is 0 Å². The van der Waals surface area contributed by atoms with Gasteiger partial charge < -0.3 is 15.2 Å². The normalized spacial score (nSPS) is 12.1. The number of aliphatic hydroxyl groups is 1. The van der Waals surface area contributed by atoms with Gasteiger partial charge in [-0.2, -0.15) is 0 Å². The lowest BCUT2D eigenvalue weighted by Gasteiger charge is -2.10. The highest BCUT2D eigenvalue weighted by atomic mass is 35.5. The van der Waals surface area contributed by atoms with E-state index in [-0.39, 0.29) is 29.8 Å². The Morgan fingerprint density at radius 3 is 2.56 bits per heavy atom. The summed E-state index contributed by atoms with van der Waals surface area (Å²) >= 11 is 17.4. The highest BCUT2D eigenvalue weighted by molar-refractivity contribution is 6.43. The van der Waals surface area contributed by atoms with Crippen molar-refractivity contribution in [2.24, 2.45) is 0 Å². The molecule has 1 aromatic rings. The average molecular weight is 313 g/mol. The second-order valence-corrected chi connectivity index (χ2v) is 4.86. The SMILES string of the molecule is C[C@@H](O)CNC(=O)COc1cc(Cl)c(Cl)cc1Cl. The third kappa shape index (κ3) is 4.90. The van der Waals surface area contributed by atoms with Gasteiger partial charge in [0.2, 0.25) is 0 Å². The lowest BCUT2D eigenvalue weighted by Crippen LogP contribution is -2.34. The molecule has 4 nitrogen and oxygen atoms in total. The summed E-state index contributed by atoms with van der Waals surface area (Å²) in [6.07, 6.45) is -0.609. The Balaban J connectivity index is 2.53. The molecule has 0 aromatic heterocycles. The van der Waals surface area contributed by atoms with Crippen molar-refractivity contribution in [3.63, 3.8) is 0 Å². The van der Waals surface area contributed by atoms with Crippen LogP contribution in [0.25, 0.3) is 0 Å². The van der Waals surface area contributed by atoms with Gasteiger partial charge in [-0.25, -0.2) is 0 Å². The second kappa shape index (κ2) is 7.04. The van der Waals surface area contributed by atoms with Crippen LogP contribution in [0.15, 0.2) is 12.1 Å². The molecule has 0 spiro atoms. The molecule has 2 N–H and O–H groups in total. The van der Waals surface area contributed by atoms with E-state index in [1.54, 1.807) is 6.92 Å². The first-order chi connectivity index (χ1) is 8.40. The maximum absolute atomic E-state index is 11.3. The van der Waals surface area contributed by atoms with Crippen molar-refractivity contribution in [2.45, 2.75) is 13.0 Å². The minimum absolute atomic E-state index is 0.164. The van der Waals surface area contributed by atoms with Gasteiger partial charge in [-0.05, 0) is 13.0 Å². The third-order valence-electron chi connectivity index (χ3n) is 1.93. The lowest BCUT2D eigenvalue weighted by molar-refractivity contribution is -0.123. The van der Waals surface area contributed by atoms with Crippen molar-refractivity contribution in [3.05, 3.63) is 27.2 Å². The summed E-state index contributed by atoms with van der Waals surface area (Å²) in [7, 11) is 0. The summed E-state index contributed by atoms with van der Waals surface area (Å²) in [6, 6.07) is 2.88. The lowest BCUT2D eigenvalue weighted by atomic mass is 10.3. The van der Waals surface area contributed by atoms with E-state index < -0.39 is 6.10 Å². The summed E-state index contributed by atoms with van der Waals surface area (Å²) in [6.45, 7) is 1.51. The monoisotopic (exact) mass is 311 g/mol. The molecule has 1 atom stereocenters. The number of amides is 1. The summed E-state index contributed by atoms with van der Waals surface area (Å²) in [5.74, 6) is -0.0868. The van der Waals surface area contributed by atoms with Crippen LogP contribution in [-0.4, -0.2) is 30.3 Å². The van der Waals surface area contributed by atoms with E-state index >= 15 is 0 Å². The van der Waals surface area contributed by atoms with E-state index in [0.29, 0.717) is 10.0 Å². The maximum atomic E-state index is 11.3. The van der Waals surface area contributed by atoms with E-state index in [9.17, 15) is 4.79 Å². The van der Waals surface area contributed by atoms with Crippen LogP contribution in [0.2, 0.25) is 15.1 Å². The van der Waals surface area contributed by atoms with Gasteiger partial charge in [0.25, 0.3) is 5.91 Å². The zero-order valence-corrected chi connectivity index (χ0v) is 11.8. The van der Waals surface area contributed by atoms with Crippen LogP contribution in [0.5, 0.6) is 5.75 Å². The molecule has 0 unspecified atom stereocenters. The number of aliphatic hydroxyl groups excluding tert-OH is 1. The van der Waals surface area contributed by atoms with Crippen LogP contribution in [0, 0.1) is 0 Å². The smallest absolute Gasteiger partial charge is 0.258 e. The maximum Gasteiger partial charge on any atom is 0.258 e. The van der Waals surface area contributed by atoms with Gasteiger partial charge in [-0.1, -0.05) is 34.8 Å². The van der Waals surface area contributed by atoms with Crippen LogP contribution < -0.4 is 10.1 Å². The number of hydrogen-bond acceptors (Lipinski definition) is 3. The van der Waals surface area contributed by atoms with Crippen molar-refractivity contribution >= 4 is 40.7 Å². The molecule has 1 aromatic carbocycles. The fourth-order valence-corrected chi connectivity index (χ4v) is 1.66. The zero-order chi connectivity index (χ0) is 13.7. The summed E-state index contributed by atoms with van der Waals surface area (Å²) in [4.78, 5) is 11.3. The number of hydrogen-bond donors (Lipinski definition) is 2. The first-order valence-electron chi connectivity index (χ1n) is 5.12. The number of nitrogens with one attached hydrogen (secondary N) is 1. The van der Waals surface area contributed by atoms with Crippen LogP contribution in [0.3, 0.4) is 0 Å². The van der Waals surface area contributed by atoms with Crippen molar-refractivity contribution in [3.8, 4) is 5.75 Å². The minimum Gasteiger partial charge on any atom is -0.482 e. The Morgan fingerprint density at radius 2 is 1.94 bits per heavy atom. The standard InChI is InChI=1S/C11H12Cl3NO3/c1-6(16)4-15-11(17)5-18-10-3-8(13)7(12)2-9(10)14/h2-3,6,16H,4-5H2,1H3,(H,15,17)/t6-/m1/s1. The molecule has 1 rings (SSSR count). The third-order valence-corrected chi connectivity index (χ3v) is 2.95. The number of halogens is 3. The summed E-state index contributed by atoms with van der Waals surface area (Å²) < 4.78 is 5.20. The average Bonchev–Trinajstić information content (AvgIpc) is 2.29. The van der Waals surface area contributed by atoms with Crippen LogP contribution >= 0.6 is 34.8 Å². The predicted octanol–water partition coefficient (Wildman–Crippen LogP) is 2.52. The van der Waals surface area contributed by atoms with E-state index in [4.69, 9.17) is 44.6 Å². The molecule has 0 saturated carbocycles. The molecule has 0 aliphatic heterocycles.